The number of aromatic nitrogens is 2. The fourth-order valence-corrected chi connectivity index (χ4v) is 1.56. The van der Waals surface area contributed by atoms with Crippen LogP contribution < -0.4 is 0 Å². The number of benzene rings is 1. The lowest BCUT2D eigenvalue weighted by Crippen LogP contribution is -2.13. The van der Waals surface area contributed by atoms with Crippen molar-refractivity contribution in [3.05, 3.63) is 52.3 Å². The largest absolute Gasteiger partial charge is 0.272 e. The second-order valence-corrected chi connectivity index (χ2v) is 4.17. The Morgan fingerprint density at radius 3 is 2.44 bits per heavy atom. The average Bonchev–Trinajstić information content (AvgIpc) is 2.68. The molecule has 0 amide bonds. The Bertz CT molecular complexity index is 505. The first kappa shape index (κ1) is 11.2. The minimum absolute atomic E-state index is 0.130. The normalized spacial score (nSPS) is 10.4. The van der Waals surface area contributed by atoms with Crippen LogP contribution in [0.2, 0.25) is 10.0 Å². The smallest absolute Gasteiger partial charge is 0.251 e. The molecule has 0 fully saturated rings. The molecule has 0 unspecified atom stereocenters. The molecular formula is C11H8Cl2N2O. The maximum absolute atomic E-state index is 11.7. The van der Waals surface area contributed by atoms with Crippen molar-refractivity contribution in [3.8, 4) is 0 Å². The Kier molecular flexibility index (Phi) is 3.27. The quantitative estimate of drug-likeness (QED) is 0.826. The van der Waals surface area contributed by atoms with Crippen molar-refractivity contribution in [2.45, 2.75) is 6.42 Å². The lowest BCUT2D eigenvalue weighted by Gasteiger charge is -2.00. The van der Waals surface area contributed by atoms with Crippen molar-refractivity contribution < 1.29 is 4.79 Å². The molecule has 5 heteroatoms. The van der Waals surface area contributed by atoms with Crippen molar-refractivity contribution in [3.63, 3.8) is 0 Å². The van der Waals surface area contributed by atoms with E-state index in [0.29, 0.717) is 10.0 Å². The monoisotopic (exact) mass is 254 g/mol. The van der Waals surface area contributed by atoms with Gasteiger partial charge in [0.25, 0.3) is 5.91 Å². The minimum atomic E-state index is -0.130. The topological polar surface area (TPSA) is 34.9 Å². The molecule has 1 aromatic carbocycles. The van der Waals surface area contributed by atoms with Gasteiger partial charge in [0.05, 0.1) is 23.8 Å². The van der Waals surface area contributed by atoms with Crippen LogP contribution in [0.25, 0.3) is 0 Å². The minimum Gasteiger partial charge on any atom is -0.272 e. The van der Waals surface area contributed by atoms with Gasteiger partial charge in [-0.2, -0.15) is 5.10 Å². The maximum atomic E-state index is 11.7. The van der Waals surface area contributed by atoms with E-state index in [2.05, 4.69) is 5.10 Å². The number of halogens is 2. The standard InChI is InChI=1S/C11H8Cl2N2O/c12-9-3-1-8(2-4-9)5-11(16)15-7-10(13)6-14-15/h1-4,6-7H,5H2. The van der Waals surface area contributed by atoms with E-state index in [-0.39, 0.29) is 12.3 Å². The van der Waals surface area contributed by atoms with Crippen LogP contribution in [0.5, 0.6) is 0 Å². The van der Waals surface area contributed by atoms with Gasteiger partial charge in [-0.15, -0.1) is 0 Å². The van der Waals surface area contributed by atoms with Crippen molar-refractivity contribution in [2.24, 2.45) is 0 Å². The number of nitrogens with zero attached hydrogens (tertiary/aromatic N) is 2. The van der Waals surface area contributed by atoms with Gasteiger partial charge in [-0.25, -0.2) is 4.68 Å². The third kappa shape index (κ3) is 2.62. The fraction of sp³-hybridized carbons (Fsp3) is 0.0909. The number of carbonyl (C=O) groups is 1. The van der Waals surface area contributed by atoms with E-state index in [1.54, 1.807) is 12.1 Å². The first-order valence-electron chi connectivity index (χ1n) is 4.63. The zero-order chi connectivity index (χ0) is 11.5. The van der Waals surface area contributed by atoms with Crippen LogP contribution in [-0.2, 0) is 6.42 Å². The maximum Gasteiger partial charge on any atom is 0.251 e. The molecule has 0 saturated carbocycles. The summed E-state index contributed by atoms with van der Waals surface area (Å²) in [5.74, 6) is -0.130. The molecular weight excluding hydrogens is 247 g/mol. The van der Waals surface area contributed by atoms with E-state index in [1.807, 2.05) is 12.1 Å². The zero-order valence-electron chi connectivity index (χ0n) is 8.23. The Balaban J connectivity index is 2.10. The van der Waals surface area contributed by atoms with E-state index >= 15 is 0 Å². The Morgan fingerprint density at radius 1 is 1.19 bits per heavy atom. The van der Waals surface area contributed by atoms with Crippen molar-refractivity contribution in [2.75, 3.05) is 0 Å². The van der Waals surface area contributed by atoms with Gasteiger partial charge in [-0.05, 0) is 17.7 Å². The molecule has 16 heavy (non-hydrogen) atoms. The molecule has 0 saturated heterocycles. The second kappa shape index (κ2) is 4.68. The van der Waals surface area contributed by atoms with Gasteiger partial charge in [-0.3, -0.25) is 4.79 Å². The van der Waals surface area contributed by atoms with Gasteiger partial charge < -0.3 is 0 Å². The van der Waals surface area contributed by atoms with Crippen LogP contribution in [0.4, 0.5) is 0 Å². The summed E-state index contributed by atoms with van der Waals surface area (Å²) in [5, 5.41) is 4.94. The molecule has 3 nitrogen and oxygen atoms in total. The molecule has 1 aromatic heterocycles. The molecule has 0 bridgehead atoms. The third-order valence-electron chi connectivity index (χ3n) is 2.08. The third-order valence-corrected chi connectivity index (χ3v) is 2.52. The number of carbonyl (C=O) groups excluding carboxylic acids is 1. The summed E-state index contributed by atoms with van der Waals surface area (Å²) >= 11 is 11.4. The number of rotatable bonds is 2. The average molecular weight is 255 g/mol. The molecule has 0 aliphatic carbocycles. The van der Waals surface area contributed by atoms with Crippen LogP contribution >= 0.6 is 23.2 Å². The zero-order valence-corrected chi connectivity index (χ0v) is 9.74. The second-order valence-electron chi connectivity index (χ2n) is 3.30. The lowest BCUT2D eigenvalue weighted by molar-refractivity contribution is 0.0898. The van der Waals surface area contributed by atoms with Crippen molar-refractivity contribution in [1.29, 1.82) is 0 Å². The van der Waals surface area contributed by atoms with Crippen LogP contribution in [0.15, 0.2) is 36.7 Å². The van der Waals surface area contributed by atoms with Gasteiger partial charge in [-0.1, -0.05) is 35.3 Å². The summed E-state index contributed by atoms with van der Waals surface area (Å²) in [6.07, 6.45) is 3.19. The van der Waals surface area contributed by atoms with Gasteiger partial charge in [0.1, 0.15) is 0 Å². The van der Waals surface area contributed by atoms with Crippen LogP contribution in [0, 0.1) is 0 Å². The molecule has 0 radical (unpaired) electrons. The molecule has 2 aromatic rings. The van der Waals surface area contributed by atoms with Gasteiger partial charge in [0.2, 0.25) is 0 Å². The highest BCUT2D eigenvalue weighted by Gasteiger charge is 2.07. The number of hydrogen-bond donors (Lipinski definition) is 0. The van der Waals surface area contributed by atoms with Gasteiger partial charge in [0, 0.05) is 5.02 Å². The summed E-state index contributed by atoms with van der Waals surface area (Å²) < 4.78 is 1.23. The van der Waals surface area contributed by atoms with Crippen LogP contribution in [0.3, 0.4) is 0 Å². The summed E-state index contributed by atoms with van der Waals surface area (Å²) in [7, 11) is 0. The molecule has 0 atom stereocenters. The SMILES string of the molecule is O=C(Cc1ccc(Cl)cc1)n1cc(Cl)cn1. The predicted octanol–water partition coefficient (Wildman–Crippen LogP) is 3.07. The van der Waals surface area contributed by atoms with Crippen molar-refractivity contribution >= 4 is 29.1 Å². The van der Waals surface area contributed by atoms with Crippen molar-refractivity contribution in [1.82, 2.24) is 9.78 Å². The molecule has 0 aliphatic rings. The van der Waals surface area contributed by atoms with E-state index in [0.717, 1.165) is 5.56 Å². The molecule has 0 aliphatic heterocycles. The van der Waals surface area contributed by atoms with E-state index in [1.165, 1.54) is 17.1 Å². The first-order valence-corrected chi connectivity index (χ1v) is 5.38. The van der Waals surface area contributed by atoms with Gasteiger partial charge in [0.15, 0.2) is 0 Å². The van der Waals surface area contributed by atoms with Gasteiger partial charge >= 0.3 is 0 Å². The van der Waals surface area contributed by atoms with Crippen LogP contribution in [0.1, 0.15) is 10.4 Å². The molecule has 1 heterocycles. The Labute approximate surface area is 103 Å². The Morgan fingerprint density at radius 2 is 1.88 bits per heavy atom. The highest BCUT2D eigenvalue weighted by molar-refractivity contribution is 6.30. The Hall–Kier alpha value is -1.32. The summed E-state index contributed by atoms with van der Waals surface area (Å²) in [5.41, 5.74) is 0.890. The lowest BCUT2D eigenvalue weighted by atomic mass is 10.1. The van der Waals surface area contributed by atoms with E-state index in [9.17, 15) is 4.79 Å². The summed E-state index contributed by atoms with van der Waals surface area (Å²) in [6, 6.07) is 7.12. The predicted molar refractivity (Wildman–Crippen MR) is 63.0 cm³/mol. The molecule has 0 spiro atoms. The van der Waals surface area contributed by atoms with E-state index in [4.69, 9.17) is 23.2 Å². The molecule has 0 N–H and O–H groups in total. The summed E-state index contributed by atoms with van der Waals surface area (Å²) in [6.45, 7) is 0. The highest BCUT2D eigenvalue weighted by atomic mass is 35.5. The first-order chi connectivity index (χ1) is 7.65. The highest BCUT2D eigenvalue weighted by Crippen LogP contribution is 2.11. The number of hydrogen-bond acceptors (Lipinski definition) is 2. The fourth-order valence-electron chi connectivity index (χ4n) is 1.30. The molecule has 2 rings (SSSR count). The summed E-state index contributed by atoms with van der Waals surface area (Å²) in [4.78, 5) is 11.7. The van der Waals surface area contributed by atoms with E-state index < -0.39 is 0 Å². The molecule has 82 valence electrons. The van der Waals surface area contributed by atoms with Crippen LogP contribution in [-0.4, -0.2) is 15.7 Å².